The number of pyridine rings is 1. The van der Waals surface area contributed by atoms with E-state index in [2.05, 4.69) is 4.98 Å². The highest BCUT2D eigenvalue weighted by Gasteiger charge is 2.16. The smallest absolute Gasteiger partial charge is 0.196 e. The summed E-state index contributed by atoms with van der Waals surface area (Å²) in [5, 5.41) is 0.245. The number of aromatic nitrogens is 1. The van der Waals surface area contributed by atoms with E-state index in [0.717, 1.165) is 5.56 Å². The van der Waals surface area contributed by atoms with Crippen LogP contribution in [0.25, 0.3) is 22.2 Å². The zero-order chi connectivity index (χ0) is 15.0. The van der Waals surface area contributed by atoms with E-state index in [1.54, 1.807) is 6.92 Å². The van der Waals surface area contributed by atoms with Gasteiger partial charge in [0, 0.05) is 5.56 Å². The van der Waals surface area contributed by atoms with Crippen LogP contribution in [0.5, 0.6) is 5.75 Å². The lowest BCUT2D eigenvalue weighted by Gasteiger charge is -2.11. The number of hydrogen-bond acceptors (Lipinski definition) is 2. The number of aromatic amines is 1. The Hall–Kier alpha value is -2.62. The van der Waals surface area contributed by atoms with Crippen molar-refractivity contribution in [2.24, 2.45) is 0 Å². The Labute approximate surface area is 121 Å². The molecule has 106 valence electrons. The lowest BCUT2D eigenvalue weighted by Crippen LogP contribution is -2.11. The number of fused-ring (bicyclic) bond motifs is 1. The number of hydrogen-bond donors (Lipinski definition) is 1. The Bertz CT molecular complexity index is 869. The van der Waals surface area contributed by atoms with Gasteiger partial charge in [-0.25, -0.2) is 4.39 Å². The molecule has 0 saturated carbocycles. The summed E-state index contributed by atoms with van der Waals surface area (Å²) >= 11 is 0. The summed E-state index contributed by atoms with van der Waals surface area (Å²) in [4.78, 5) is 15.6. The van der Waals surface area contributed by atoms with E-state index in [-0.39, 0.29) is 16.3 Å². The van der Waals surface area contributed by atoms with E-state index in [4.69, 9.17) is 4.74 Å². The van der Waals surface area contributed by atoms with E-state index in [1.165, 1.54) is 19.2 Å². The molecule has 2 aromatic carbocycles. The Kier molecular flexibility index (Phi) is 3.22. The summed E-state index contributed by atoms with van der Waals surface area (Å²) in [6, 6.07) is 12.2. The van der Waals surface area contributed by atoms with Crippen molar-refractivity contribution in [2.45, 2.75) is 6.92 Å². The van der Waals surface area contributed by atoms with Gasteiger partial charge in [0.05, 0.1) is 23.7 Å². The van der Waals surface area contributed by atoms with Gasteiger partial charge in [-0.15, -0.1) is 0 Å². The fourth-order valence-corrected chi connectivity index (χ4v) is 2.49. The van der Waals surface area contributed by atoms with Crippen molar-refractivity contribution < 1.29 is 9.13 Å². The first kappa shape index (κ1) is 13.4. The summed E-state index contributed by atoms with van der Waals surface area (Å²) in [5.74, 6) is -0.101. The molecule has 3 rings (SSSR count). The number of rotatable bonds is 2. The van der Waals surface area contributed by atoms with Crippen LogP contribution in [0.2, 0.25) is 0 Å². The van der Waals surface area contributed by atoms with Crippen molar-refractivity contribution in [2.75, 3.05) is 7.11 Å². The van der Waals surface area contributed by atoms with E-state index in [1.807, 2.05) is 30.3 Å². The zero-order valence-electron chi connectivity index (χ0n) is 11.7. The van der Waals surface area contributed by atoms with Crippen molar-refractivity contribution in [1.82, 2.24) is 4.98 Å². The summed E-state index contributed by atoms with van der Waals surface area (Å²) in [6.07, 6.45) is 0. The molecule has 3 aromatic rings. The molecule has 0 fully saturated rings. The van der Waals surface area contributed by atoms with Gasteiger partial charge in [0.2, 0.25) is 0 Å². The molecule has 0 spiro atoms. The molecule has 4 heteroatoms. The molecule has 3 nitrogen and oxygen atoms in total. The van der Waals surface area contributed by atoms with Gasteiger partial charge in [0.15, 0.2) is 5.43 Å². The van der Waals surface area contributed by atoms with Crippen LogP contribution in [0.4, 0.5) is 4.39 Å². The van der Waals surface area contributed by atoms with Crippen LogP contribution < -0.4 is 10.2 Å². The second-order valence-corrected chi connectivity index (χ2v) is 4.82. The van der Waals surface area contributed by atoms with Crippen LogP contribution in [0.15, 0.2) is 47.3 Å². The Balaban J connectivity index is 2.44. The second kappa shape index (κ2) is 5.05. The minimum Gasteiger partial charge on any atom is -0.496 e. The normalized spacial score (nSPS) is 10.8. The summed E-state index contributed by atoms with van der Waals surface area (Å²) in [6.45, 7) is 1.73. The Morgan fingerprint density at radius 1 is 1.10 bits per heavy atom. The maximum Gasteiger partial charge on any atom is 0.196 e. The maximum atomic E-state index is 14.1. The monoisotopic (exact) mass is 283 g/mol. The minimum atomic E-state index is -0.472. The average Bonchev–Trinajstić information content (AvgIpc) is 2.52. The Morgan fingerprint density at radius 2 is 1.81 bits per heavy atom. The molecular weight excluding hydrogens is 269 g/mol. The highest BCUT2D eigenvalue weighted by Crippen LogP contribution is 2.28. The first-order chi connectivity index (χ1) is 10.1. The maximum absolute atomic E-state index is 14.1. The topological polar surface area (TPSA) is 42.1 Å². The molecule has 0 aliphatic heterocycles. The zero-order valence-corrected chi connectivity index (χ0v) is 11.7. The average molecular weight is 283 g/mol. The molecule has 0 amide bonds. The van der Waals surface area contributed by atoms with Crippen LogP contribution >= 0.6 is 0 Å². The van der Waals surface area contributed by atoms with Crippen molar-refractivity contribution in [3.8, 4) is 17.0 Å². The Morgan fingerprint density at radius 3 is 2.48 bits per heavy atom. The highest BCUT2D eigenvalue weighted by molar-refractivity contribution is 5.88. The fraction of sp³-hybridized carbons (Fsp3) is 0.118. The van der Waals surface area contributed by atoms with Crippen molar-refractivity contribution >= 4 is 10.9 Å². The molecule has 0 aliphatic rings. The number of H-pyrrole nitrogens is 1. The molecule has 1 heterocycles. The van der Waals surface area contributed by atoms with Crippen LogP contribution in [0.1, 0.15) is 5.56 Å². The van der Waals surface area contributed by atoms with Gasteiger partial charge < -0.3 is 9.72 Å². The van der Waals surface area contributed by atoms with Gasteiger partial charge in [-0.05, 0) is 24.6 Å². The first-order valence-corrected chi connectivity index (χ1v) is 6.58. The van der Waals surface area contributed by atoms with Crippen LogP contribution in [-0.4, -0.2) is 12.1 Å². The van der Waals surface area contributed by atoms with Gasteiger partial charge in [-0.2, -0.15) is 0 Å². The molecule has 0 atom stereocenters. The van der Waals surface area contributed by atoms with E-state index >= 15 is 0 Å². The predicted octanol–water partition coefficient (Wildman–Crippen LogP) is 3.65. The van der Waals surface area contributed by atoms with Crippen molar-refractivity contribution in [3.05, 3.63) is 64.1 Å². The number of halogens is 1. The van der Waals surface area contributed by atoms with E-state index in [9.17, 15) is 9.18 Å². The van der Waals surface area contributed by atoms with E-state index in [0.29, 0.717) is 17.0 Å². The first-order valence-electron chi connectivity index (χ1n) is 6.58. The van der Waals surface area contributed by atoms with E-state index < -0.39 is 5.82 Å². The van der Waals surface area contributed by atoms with Crippen molar-refractivity contribution in [1.29, 1.82) is 0 Å². The quantitative estimate of drug-likeness (QED) is 0.780. The second-order valence-electron chi connectivity index (χ2n) is 4.82. The predicted molar refractivity (Wildman–Crippen MR) is 81.3 cm³/mol. The molecule has 0 aliphatic carbocycles. The molecular formula is C17H14FNO2. The molecule has 0 radical (unpaired) electrons. The van der Waals surface area contributed by atoms with Crippen LogP contribution in [0, 0.1) is 12.7 Å². The molecule has 21 heavy (non-hydrogen) atoms. The summed E-state index contributed by atoms with van der Waals surface area (Å²) in [7, 11) is 1.46. The molecule has 1 aromatic heterocycles. The summed E-state index contributed by atoms with van der Waals surface area (Å²) < 4.78 is 19.3. The summed E-state index contributed by atoms with van der Waals surface area (Å²) in [5.41, 5.74) is 1.96. The molecule has 0 unspecified atom stereocenters. The fourth-order valence-electron chi connectivity index (χ4n) is 2.49. The largest absolute Gasteiger partial charge is 0.496 e. The lowest BCUT2D eigenvalue weighted by molar-refractivity contribution is 0.419. The number of benzene rings is 2. The SMILES string of the molecule is COc1ccc(F)c2[nH]c(-c3ccccc3)c(C)c(=O)c12. The van der Waals surface area contributed by atoms with Gasteiger partial charge in [0.1, 0.15) is 11.6 Å². The van der Waals surface area contributed by atoms with Gasteiger partial charge in [0.25, 0.3) is 0 Å². The van der Waals surface area contributed by atoms with Gasteiger partial charge in [-0.3, -0.25) is 4.79 Å². The molecule has 1 N–H and O–H groups in total. The van der Waals surface area contributed by atoms with Crippen molar-refractivity contribution in [3.63, 3.8) is 0 Å². The van der Waals surface area contributed by atoms with Crippen LogP contribution in [-0.2, 0) is 0 Å². The molecule has 0 saturated heterocycles. The highest BCUT2D eigenvalue weighted by atomic mass is 19.1. The number of nitrogens with one attached hydrogen (secondary N) is 1. The third-order valence-corrected chi connectivity index (χ3v) is 3.59. The third kappa shape index (κ3) is 2.09. The van der Waals surface area contributed by atoms with Gasteiger partial charge >= 0.3 is 0 Å². The standard InChI is InChI=1S/C17H14FNO2/c1-10-15(11-6-4-3-5-7-11)19-16-12(18)8-9-13(21-2)14(16)17(10)20/h3-9H,1-2H3,(H,19,20). The number of methoxy groups -OCH3 is 1. The lowest BCUT2D eigenvalue weighted by atomic mass is 10.0. The third-order valence-electron chi connectivity index (χ3n) is 3.59. The minimum absolute atomic E-state index is 0.170. The molecule has 0 bridgehead atoms. The number of ether oxygens (including phenoxy) is 1. The van der Waals surface area contributed by atoms with Gasteiger partial charge in [-0.1, -0.05) is 30.3 Å². The van der Waals surface area contributed by atoms with Crippen LogP contribution in [0.3, 0.4) is 0 Å².